The van der Waals surface area contributed by atoms with Crippen LogP contribution in [-0.2, 0) is 10.0 Å². The molecule has 3 aromatic rings. The van der Waals surface area contributed by atoms with E-state index in [0.717, 1.165) is 37.1 Å². The van der Waals surface area contributed by atoms with Gasteiger partial charge in [0, 0.05) is 24.8 Å². The van der Waals surface area contributed by atoms with Crippen molar-refractivity contribution in [1.82, 2.24) is 24.2 Å². The molecule has 1 aliphatic heterocycles. The Labute approximate surface area is 198 Å². The van der Waals surface area contributed by atoms with Crippen molar-refractivity contribution < 1.29 is 13.2 Å². The molecule has 1 amide bonds. The molecule has 1 N–H and O–H groups in total. The molecule has 2 aromatic heterocycles. The summed E-state index contributed by atoms with van der Waals surface area (Å²) in [5, 5.41) is 11.6. The molecule has 176 valence electrons. The lowest BCUT2D eigenvalue weighted by molar-refractivity contribution is 0.0933. The van der Waals surface area contributed by atoms with Crippen molar-refractivity contribution in [3.05, 3.63) is 60.0 Å². The van der Waals surface area contributed by atoms with Crippen LogP contribution in [0.15, 0.2) is 53.6 Å². The summed E-state index contributed by atoms with van der Waals surface area (Å²) in [6, 6.07) is 11.6. The van der Waals surface area contributed by atoms with Crippen LogP contribution >= 0.6 is 11.8 Å². The minimum Gasteiger partial charge on any atom is -0.342 e. The molecule has 1 atom stereocenters. The Morgan fingerprint density at radius 2 is 1.79 bits per heavy atom. The largest absolute Gasteiger partial charge is 0.342 e. The molecule has 0 radical (unpaired) electrons. The van der Waals surface area contributed by atoms with E-state index < -0.39 is 10.0 Å². The van der Waals surface area contributed by atoms with Gasteiger partial charge < -0.3 is 5.32 Å². The second-order valence-corrected chi connectivity index (χ2v) is 11.1. The Kier molecular flexibility index (Phi) is 7.67. The number of rotatable bonds is 8. The maximum Gasteiger partial charge on any atom is 0.251 e. The highest BCUT2D eigenvalue weighted by Gasteiger charge is 2.26. The number of thioether (sulfide) groups is 1. The van der Waals surface area contributed by atoms with Crippen molar-refractivity contribution in [2.45, 2.75) is 43.0 Å². The summed E-state index contributed by atoms with van der Waals surface area (Å²) in [4.78, 5) is 13.2. The molecule has 1 saturated heterocycles. The number of amides is 1. The van der Waals surface area contributed by atoms with E-state index >= 15 is 0 Å². The van der Waals surface area contributed by atoms with Crippen molar-refractivity contribution in [3.63, 3.8) is 0 Å². The Hall–Kier alpha value is -2.43. The lowest BCUT2D eigenvalue weighted by atomic mass is 10.1. The Morgan fingerprint density at radius 3 is 2.48 bits per heavy atom. The molecule has 4 rings (SSSR count). The van der Waals surface area contributed by atoms with Gasteiger partial charge in [0.1, 0.15) is 0 Å². The van der Waals surface area contributed by atoms with Crippen molar-refractivity contribution in [2.24, 2.45) is 0 Å². The van der Waals surface area contributed by atoms with Gasteiger partial charge in [-0.15, -0.1) is 10.2 Å². The van der Waals surface area contributed by atoms with Crippen molar-refractivity contribution in [2.75, 3.05) is 25.1 Å². The molecule has 33 heavy (non-hydrogen) atoms. The van der Waals surface area contributed by atoms with Crippen LogP contribution in [0.2, 0.25) is 0 Å². The fourth-order valence-electron chi connectivity index (χ4n) is 4.05. The predicted molar refractivity (Wildman–Crippen MR) is 130 cm³/mol. The summed E-state index contributed by atoms with van der Waals surface area (Å²) >= 11 is 1.70. The summed E-state index contributed by atoms with van der Waals surface area (Å²) in [5.41, 5.74) is 1.13. The number of carbonyl (C=O) groups excluding carboxylic acids is 1. The number of nitrogens with zero attached hydrogens (tertiary/aromatic N) is 4. The van der Waals surface area contributed by atoms with E-state index in [2.05, 4.69) is 15.5 Å². The number of aromatic nitrogens is 3. The molecular formula is C23H29N5O3S2. The average molecular weight is 488 g/mol. The second kappa shape index (κ2) is 10.7. The first kappa shape index (κ1) is 23.7. The highest BCUT2D eigenvalue weighted by atomic mass is 32.2. The number of carbonyl (C=O) groups is 1. The quantitative estimate of drug-likeness (QED) is 0.522. The smallest absolute Gasteiger partial charge is 0.251 e. The van der Waals surface area contributed by atoms with Crippen LogP contribution in [0.4, 0.5) is 0 Å². The second-order valence-electron chi connectivity index (χ2n) is 8.14. The molecular weight excluding hydrogens is 458 g/mol. The van der Waals surface area contributed by atoms with Gasteiger partial charge >= 0.3 is 0 Å². The molecule has 1 aromatic carbocycles. The van der Waals surface area contributed by atoms with Gasteiger partial charge in [-0.25, -0.2) is 8.42 Å². The zero-order chi connectivity index (χ0) is 23.3. The Bertz CT molecular complexity index is 1190. The van der Waals surface area contributed by atoms with Crippen molar-refractivity contribution in [3.8, 4) is 0 Å². The van der Waals surface area contributed by atoms with Gasteiger partial charge in [0.05, 0.1) is 10.9 Å². The highest BCUT2D eigenvalue weighted by Crippen LogP contribution is 2.22. The summed E-state index contributed by atoms with van der Waals surface area (Å²) in [7, 11) is -3.55. The first-order valence-corrected chi connectivity index (χ1v) is 14.0. The van der Waals surface area contributed by atoms with Crippen LogP contribution < -0.4 is 5.32 Å². The van der Waals surface area contributed by atoms with Crippen molar-refractivity contribution >= 4 is 33.3 Å². The number of pyridine rings is 1. The summed E-state index contributed by atoms with van der Waals surface area (Å²) in [6.45, 7) is 1.10. The third-order valence-corrected chi connectivity index (χ3v) is 8.44. The number of nitrogens with one attached hydrogen (secondary N) is 1. The SMILES string of the molecule is CSCCC(NC(=O)c1ccc(S(=O)(=O)N2CCCCCC2)cc1)c1nnc2ccccn12. The third-order valence-electron chi connectivity index (χ3n) is 5.89. The number of fused-ring (bicyclic) bond motifs is 1. The predicted octanol–water partition coefficient (Wildman–Crippen LogP) is 3.52. The van der Waals surface area contributed by atoms with E-state index in [1.807, 2.05) is 35.1 Å². The number of sulfonamides is 1. The molecule has 0 spiro atoms. The molecule has 8 nitrogen and oxygen atoms in total. The third kappa shape index (κ3) is 5.39. The van der Waals surface area contributed by atoms with Crippen LogP contribution in [0.25, 0.3) is 5.65 Å². The minimum absolute atomic E-state index is 0.225. The topological polar surface area (TPSA) is 96.7 Å². The average Bonchev–Trinajstić information content (AvgIpc) is 3.06. The summed E-state index contributed by atoms with van der Waals surface area (Å²) < 4.78 is 29.4. The van der Waals surface area contributed by atoms with Gasteiger partial charge in [0.25, 0.3) is 5.91 Å². The van der Waals surface area contributed by atoms with Crippen molar-refractivity contribution in [1.29, 1.82) is 0 Å². The standard InChI is InChI=1S/C23H29N5O3S2/c1-32-17-13-20(22-26-25-21-8-4-7-16-28(21)22)24-23(29)18-9-11-19(12-10-18)33(30,31)27-14-5-2-3-6-15-27/h4,7-12,16,20H,2-3,5-6,13-15,17H2,1H3,(H,24,29). The van der Waals surface area contributed by atoms with Gasteiger partial charge in [-0.1, -0.05) is 18.9 Å². The van der Waals surface area contributed by atoms with E-state index in [1.54, 1.807) is 28.2 Å². The summed E-state index contributed by atoms with van der Waals surface area (Å²) in [5.74, 6) is 1.25. The van der Waals surface area contributed by atoms with E-state index in [1.165, 1.54) is 12.1 Å². The van der Waals surface area contributed by atoms with Gasteiger partial charge in [0.15, 0.2) is 11.5 Å². The van der Waals surface area contributed by atoms with E-state index in [-0.39, 0.29) is 16.8 Å². The molecule has 1 unspecified atom stereocenters. The molecule has 10 heteroatoms. The zero-order valence-corrected chi connectivity index (χ0v) is 20.3. The maximum atomic E-state index is 13.0. The fraction of sp³-hybridized carbons (Fsp3) is 0.435. The molecule has 0 bridgehead atoms. The minimum atomic E-state index is -3.55. The van der Waals surface area contributed by atoms with Gasteiger partial charge in [-0.3, -0.25) is 9.20 Å². The van der Waals surface area contributed by atoms with E-state index in [0.29, 0.717) is 30.9 Å². The van der Waals surface area contributed by atoms with Crippen LogP contribution in [0.1, 0.15) is 54.3 Å². The van der Waals surface area contributed by atoms with Crippen LogP contribution in [0, 0.1) is 0 Å². The van der Waals surface area contributed by atoms with Crippen LogP contribution in [-0.4, -0.2) is 58.3 Å². The van der Waals surface area contributed by atoms with Crippen LogP contribution in [0.5, 0.6) is 0 Å². The monoisotopic (exact) mass is 487 g/mol. The van der Waals surface area contributed by atoms with Crippen LogP contribution in [0.3, 0.4) is 0 Å². The van der Waals surface area contributed by atoms with Gasteiger partial charge in [-0.05, 0) is 67.7 Å². The lowest BCUT2D eigenvalue weighted by Gasteiger charge is -2.20. The Morgan fingerprint density at radius 1 is 1.06 bits per heavy atom. The Balaban J connectivity index is 1.51. The van der Waals surface area contributed by atoms with Gasteiger partial charge in [-0.2, -0.15) is 16.1 Å². The maximum absolute atomic E-state index is 13.0. The number of hydrogen-bond donors (Lipinski definition) is 1. The number of hydrogen-bond acceptors (Lipinski definition) is 6. The highest BCUT2D eigenvalue weighted by molar-refractivity contribution is 7.98. The first-order valence-electron chi connectivity index (χ1n) is 11.2. The molecule has 1 fully saturated rings. The lowest BCUT2D eigenvalue weighted by Crippen LogP contribution is -2.32. The van der Waals surface area contributed by atoms with E-state index in [9.17, 15) is 13.2 Å². The number of benzene rings is 1. The van der Waals surface area contributed by atoms with E-state index in [4.69, 9.17) is 0 Å². The molecule has 3 heterocycles. The fourth-order valence-corrected chi connectivity index (χ4v) is 6.04. The zero-order valence-electron chi connectivity index (χ0n) is 18.7. The first-order chi connectivity index (χ1) is 16.0. The summed E-state index contributed by atoms with van der Waals surface area (Å²) in [6.07, 6.45) is 8.48. The molecule has 0 saturated carbocycles. The normalized spacial score (nSPS) is 16.4. The molecule has 0 aliphatic carbocycles. The molecule has 1 aliphatic rings. The van der Waals surface area contributed by atoms with Gasteiger partial charge in [0.2, 0.25) is 10.0 Å².